The lowest BCUT2D eigenvalue weighted by Crippen LogP contribution is -2.37. The van der Waals surface area contributed by atoms with Gasteiger partial charge in [-0.2, -0.15) is 0 Å². The van der Waals surface area contributed by atoms with Crippen molar-refractivity contribution in [2.24, 2.45) is 5.92 Å². The Morgan fingerprint density at radius 2 is 2.06 bits per heavy atom. The number of nitrogens with one attached hydrogen (secondary N) is 2. The lowest BCUT2D eigenvalue weighted by molar-refractivity contribution is -0.121. The Hall–Kier alpha value is -1.35. The van der Waals surface area contributed by atoms with E-state index in [1.54, 1.807) is 0 Å². The molecular formula is C14H20N2O. The number of likely N-dealkylation sites (N-methyl/N-ethyl adjacent to an activating group) is 1. The Balaban J connectivity index is 1.96. The highest BCUT2D eigenvalue weighted by molar-refractivity contribution is 5.78. The summed E-state index contributed by atoms with van der Waals surface area (Å²) in [6.45, 7) is 3.24. The second-order valence-electron chi connectivity index (χ2n) is 4.57. The molecule has 0 radical (unpaired) electrons. The van der Waals surface area contributed by atoms with Gasteiger partial charge < -0.3 is 10.6 Å². The molecule has 1 fully saturated rings. The van der Waals surface area contributed by atoms with Gasteiger partial charge in [-0.15, -0.1) is 0 Å². The molecule has 0 saturated heterocycles. The Kier molecular flexibility index (Phi) is 4.15. The second-order valence-corrected chi connectivity index (χ2v) is 4.57. The van der Waals surface area contributed by atoms with Crippen LogP contribution in [0.4, 0.5) is 0 Å². The Morgan fingerprint density at radius 3 is 2.65 bits per heavy atom. The molecule has 1 amide bonds. The van der Waals surface area contributed by atoms with Crippen LogP contribution in [-0.4, -0.2) is 19.0 Å². The van der Waals surface area contributed by atoms with Crippen molar-refractivity contribution in [1.82, 2.24) is 10.6 Å². The molecule has 17 heavy (non-hydrogen) atoms. The number of rotatable bonds is 6. The average molecular weight is 232 g/mol. The van der Waals surface area contributed by atoms with E-state index in [0.717, 1.165) is 6.54 Å². The third-order valence-electron chi connectivity index (χ3n) is 3.10. The van der Waals surface area contributed by atoms with Gasteiger partial charge in [0.05, 0.1) is 12.6 Å². The fraction of sp³-hybridized carbons (Fsp3) is 0.500. The van der Waals surface area contributed by atoms with Gasteiger partial charge in [-0.3, -0.25) is 4.79 Å². The third kappa shape index (κ3) is 3.56. The van der Waals surface area contributed by atoms with E-state index in [9.17, 15) is 4.79 Å². The van der Waals surface area contributed by atoms with Gasteiger partial charge in [-0.25, -0.2) is 0 Å². The van der Waals surface area contributed by atoms with Crippen molar-refractivity contribution in [3.63, 3.8) is 0 Å². The summed E-state index contributed by atoms with van der Waals surface area (Å²) in [5.74, 6) is 0.718. The first kappa shape index (κ1) is 12.1. The maximum absolute atomic E-state index is 11.7. The van der Waals surface area contributed by atoms with Crippen LogP contribution in [0.5, 0.6) is 0 Å². The summed E-state index contributed by atoms with van der Waals surface area (Å²) in [5.41, 5.74) is 1.22. The highest BCUT2D eigenvalue weighted by Crippen LogP contribution is 2.40. The van der Waals surface area contributed by atoms with Gasteiger partial charge in [0.1, 0.15) is 0 Å². The van der Waals surface area contributed by atoms with Crippen LogP contribution in [0.15, 0.2) is 30.3 Å². The van der Waals surface area contributed by atoms with Crippen molar-refractivity contribution < 1.29 is 4.79 Å². The molecule has 1 aliphatic carbocycles. The number of amides is 1. The number of benzene rings is 1. The number of carbonyl (C=O) groups is 1. The summed E-state index contributed by atoms with van der Waals surface area (Å²) in [4.78, 5) is 11.7. The first-order valence-corrected chi connectivity index (χ1v) is 6.36. The van der Waals surface area contributed by atoms with E-state index >= 15 is 0 Å². The van der Waals surface area contributed by atoms with Gasteiger partial charge >= 0.3 is 0 Å². The average Bonchev–Trinajstić information content (AvgIpc) is 3.19. The molecule has 1 aromatic rings. The third-order valence-corrected chi connectivity index (χ3v) is 3.10. The molecule has 1 aliphatic rings. The van der Waals surface area contributed by atoms with E-state index in [4.69, 9.17) is 0 Å². The van der Waals surface area contributed by atoms with Crippen molar-refractivity contribution in [2.45, 2.75) is 25.8 Å². The molecular weight excluding hydrogens is 212 g/mol. The van der Waals surface area contributed by atoms with Crippen LogP contribution < -0.4 is 10.6 Å². The summed E-state index contributed by atoms with van der Waals surface area (Å²) in [6, 6.07) is 10.4. The maximum Gasteiger partial charge on any atom is 0.234 e. The van der Waals surface area contributed by atoms with E-state index in [0.29, 0.717) is 12.5 Å². The maximum atomic E-state index is 11.7. The summed E-state index contributed by atoms with van der Waals surface area (Å²) in [5, 5.41) is 6.18. The fourth-order valence-corrected chi connectivity index (χ4v) is 2.03. The quantitative estimate of drug-likeness (QED) is 0.786. The molecule has 92 valence electrons. The van der Waals surface area contributed by atoms with E-state index in [-0.39, 0.29) is 11.9 Å². The zero-order valence-corrected chi connectivity index (χ0v) is 10.3. The van der Waals surface area contributed by atoms with Gasteiger partial charge in [0.2, 0.25) is 5.91 Å². The predicted octanol–water partition coefficient (Wildman–Crippen LogP) is 1.86. The number of carbonyl (C=O) groups excluding carboxylic acids is 1. The topological polar surface area (TPSA) is 41.1 Å². The molecule has 1 unspecified atom stereocenters. The summed E-state index contributed by atoms with van der Waals surface area (Å²) < 4.78 is 0. The zero-order valence-electron chi connectivity index (χ0n) is 10.3. The molecule has 0 spiro atoms. The van der Waals surface area contributed by atoms with Crippen LogP contribution in [0.1, 0.15) is 31.4 Å². The van der Waals surface area contributed by atoms with Crippen molar-refractivity contribution in [2.75, 3.05) is 13.1 Å². The Morgan fingerprint density at radius 1 is 1.35 bits per heavy atom. The Labute approximate surface area is 103 Å². The van der Waals surface area contributed by atoms with Crippen LogP contribution in [0.25, 0.3) is 0 Å². The lowest BCUT2D eigenvalue weighted by Gasteiger charge is -2.18. The van der Waals surface area contributed by atoms with Crippen LogP contribution in [0.3, 0.4) is 0 Å². The second kappa shape index (κ2) is 5.82. The van der Waals surface area contributed by atoms with Crippen LogP contribution in [0, 0.1) is 5.92 Å². The van der Waals surface area contributed by atoms with Crippen LogP contribution >= 0.6 is 0 Å². The smallest absolute Gasteiger partial charge is 0.234 e. The van der Waals surface area contributed by atoms with E-state index in [2.05, 4.69) is 22.8 Å². The molecule has 0 aromatic heterocycles. The summed E-state index contributed by atoms with van der Waals surface area (Å²) in [7, 11) is 0. The highest BCUT2D eigenvalue weighted by atomic mass is 16.2. The fourth-order valence-electron chi connectivity index (χ4n) is 2.03. The normalized spacial score (nSPS) is 16.5. The first-order valence-electron chi connectivity index (χ1n) is 6.36. The minimum absolute atomic E-state index is 0.0904. The molecule has 0 aliphatic heterocycles. The molecule has 0 heterocycles. The molecule has 1 atom stereocenters. The molecule has 1 aromatic carbocycles. The lowest BCUT2D eigenvalue weighted by atomic mass is 10.0. The monoisotopic (exact) mass is 232 g/mol. The van der Waals surface area contributed by atoms with Crippen molar-refractivity contribution in [1.29, 1.82) is 0 Å². The van der Waals surface area contributed by atoms with Crippen molar-refractivity contribution in [3.05, 3.63) is 35.9 Å². The van der Waals surface area contributed by atoms with E-state index in [1.807, 2.05) is 25.1 Å². The molecule has 0 bridgehead atoms. The van der Waals surface area contributed by atoms with E-state index in [1.165, 1.54) is 18.4 Å². The standard InChI is InChI=1S/C14H20N2O/c1-2-15-10-13(17)16-14(12-8-9-12)11-6-4-3-5-7-11/h3-7,12,14-15H,2,8-10H2,1H3,(H,16,17). The highest BCUT2D eigenvalue weighted by Gasteiger charge is 2.33. The van der Waals surface area contributed by atoms with Crippen LogP contribution in [-0.2, 0) is 4.79 Å². The predicted molar refractivity (Wildman–Crippen MR) is 68.6 cm³/mol. The number of hydrogen-bond acceptors (Lipinski definition) is 2. The van der Waals surface area contributed by atoms with Gasteiger partial charge in [-0.1, -0.05) is 37.3 Å². The molecule has 2 N–H and O–H groups in total. The number of hydrogen-bond donors (Lipinski definition) is 2. The SMILES string of the molecule is CCNCC(=O)NC(c1ccccc1)C1CC1. The van der Waals surface area contributed by atoms with Crippen molar-refractivity contribution in [3.8, 4) is 0 Å². The molecule has 3 heteroatoms. The van der Waals surface area contributed by atoms with Gasteiger partial charge in [0.15, 0.2) is 0 Å². The summed E-state index contributed by atoms with van der Waals surface area (Å²) >= 11 is 0. The van der Waals surface area contributed by atoms with Gasteiger partial charge in [-0.05, 0) is 30.9 Å². The zero-order chi connectivity index (χ0) is 12.1. The first-order chi connectivity index (χ1) is 8.31. The van der Waals surface area contributed by atoms with Gasteiger partial charge in [0.25, 0.3) is 0 Å². The minimum Gasteiger partial charge on any atom is -0.348 e. The van der Waals surface area contributed by atoms with Crippen molar-refractivity contribution >= 4 is 5.91 Å². The molecule has 3 nitrogen and oxygen atoms in total. The largest absolute Gasteiger partial charge is 0.348 e. The summed E-state index contributed by atoms with van der Waals surface area (Å²) in [6.07, 6.45) is 2.45. The Bertz CT molecular complexity index is 360. The van der Waals surface area contributed by atoms with Crippen LogP contribution in [0.2, 0.25) is 0 Å². The molecule has 1 saturated carbocycles. The van der Waals surface area contributed by atoms with Gasteiger partial charge in [0, 0.05) is 0 Å². The van der Waals surface area contributed by atoms with E-state index < -0.39 is 0 Å². The molecule has 2 rings (SSSR count). The minimum atomic E-state index is 0.0904.